The molecule has 3 aromatic rings. The Hall–Kier alpha value is -2.95. The molecule has 1 aliphatic heterocycles. The first-order valence-electron chi connectivity index (χ1n) is 7.93. The normalized spacial score (nSPS) is 19.7. The van der Waals surface area contributed by atoms with Crippen LogP contribution in [0.25, 0.3) is 0 Å². The lowest BCUT2D eigenvalue weighted by atomic mass is 9.92. The fourth-order valence-electron chi connectivity index (χ4n) is 3.19. The van der Waals surface area contributed by atoms with Crippen molar-refractivity contribution in [1.82, 2.24) is 4.98 Å². The molecule has 0 spiro atoms. The first-order chi connectivity index (χ1) is 12.5. The van der Waals surface area contributed by atoms with Crippen molar-refractivity contribution in [2.45, 2.75) is 12.5 Å². The lowest BCUT2D eigenvalue weighted by Gasteiger charge is -2.29. The molecule has 0 saturated carbocycles. The minimum absolute atomic E-state index is 0.136. The average Bonchev–Trinajstić information content (AvgIpc) is 3.31. The Morgan fingerprint density at radius 3 is 2.85 bits per heavy atom. The molecule has 0 bridgehead atoms. The molecule has 5 nitrogen and oxygen atoms in total. The number of nitrogens with one attached hydrogen (secondary N) is 1. The van der Waals surface area contributed by atoms with Crippen LogP contribution < -0.4 is 4.90 Å². The van der Waals surface area contributed by atoms with Crippen molar-refractivity contribution in [3.8, 4) is 6.07 Å². The molecule has 7 heteroatoms. The number of hydrogen-bond acceptors (Lipinski definition) is 4. The molecule has 2 aromatic heterocycles. The Bertz CT molecular complexity index is 1020. The Balaban J connectivity index is 1.97. The van der Waals surface area contributed by atoms with E-state index in [4.69, 9.17) is 10.00 Å². The molecule has 4 rings (SSSR count). The van der Waals surface area contributed by atoms with Crippen molar-refractivity contribution in [2.24, 2.45) is 0 Å². The number of halogens is 1. The standard InChI is InChI=1S/C19H14FN3O2S/c1-19(15-6-3-9-26-15)13-4-2-5-14(20)18(13)23(17(24)11-25-19)16-8-7-12(10-21)22-16/h2-9,22H,11H2,1H3. The van der Waals surface area contributed by atoms with Gasteiger partial charge in [-0.25, -0.2) is 4.39 Å². The van der Waals surface area contributed by atoms with Gasteiger partial charge in [0.05, 0.1) is 5.69 Å². The fraction of sp³-hybridized carbons (Fsp3) is 0.158. The average molecular weight is 367 g/mol. The van der Waals surface area contributed by atoms with E-state index < -0.39 is 17.3 Å². The van der Waals surface area contributed by atoms with Gasteiger partial charge in [-0.1, -0.05) is 18.2 Å². The van der Waals surface area contributed by atoms with E-state index in [1.807, 2.05) is 30.5 Å². The van der Waals surface area contributed by atoms with Gasteiger partial charge in [0.1, 0.15) is 35.6 Å². The van der Waals surface area contributed by atoms with Crippen LogP contribution in [0.3, 0.4) is 0 Å². The molecule has 1 atom stereocenters. The molecule has 0 aliphatic carbocycles. The number of aromatic amines is 1. The Labute approximate surface area is 153 Å². The number of H-pyrrole nitrogens is 1. The lowest BCUT2D eigenvalue weighted by molar-refractivity contribution is -0.126. The van der Waals surface area contributed by atoms with Gasteiger partial charge in [0.2, 0.25) is 0 Å². The number of hydrogen-bond donors (Lipinski definition) is 1. The first-order valence-corrected chi connectivity index (χ1v) is 8.81. The summed E-state index contributed by atoms with van der Waals surface area (Å²) in [6, 6.07) is 13.6. The maximum Gasteiger partial charge on any atom is 0.258 e. The van der Waals surface area contributed by atoms with Crippen molar-refractivity contribution in [3.63, 3.8) is 0 Å². The van der Waals surface area contributed by atoms with Gasteiger partial charge in [-0.2, -0.15) is 5.26 Å². The summed E-state index contributed by atoms with van der Waals surface area (Å²) in [5, 5.41) is 11.0. The molecule has 1 aliphatic rings. The van der Waals surface area contributed by atoms with Gasteiger partial charge in [0.25, 0.3) is 5.91 Å². The number of ether oxygens (including phenoxy) is 1. The second-order valence-electron chi connectivity index (χ2n) is 6.03. The summed E-state index contributed by atoms with van der Waals surface area (Å²) >= 11 is 1.48. The van der Waals surface area contributed by atoms with Gasteiger partial charge >= 0.3 is 0 Å². The third kappa shape index (κ3) is 2.43. The number of rotatable bonds is 2. The number of amides is 1. The summed E-state index contributed by atoms with van der Waals surface area (Å²) in [5.74, 6) is -0.614. The smallest absolute Gasteiger partial charge is 0.258 e. The Morgan fingerprint density at radius 2 is 2.15 bits per heavy atom. The second-order valence-corrected chi connectivity index (χ2v) is 6.98. The van der Waals surface area contributed by atoms with Gasteiger partial charge < -0.3 is 9.72 Å². The third-order valence-electron chi connectivity index (χ3n) is 4.48. The van der Waals surface area contributed by atoms with Gasteiger partial charge in [0.15, 0.2) is 0 Å². The fourth-order valence-corrected chi connectivity index (χ4v) is 4.04. The number of nitrogens with zero attached hydrogens (tertiary/aromatic N) is 2. The van der Waals surface area contributed by atoms with Gasteiger partial charge in [-0.15, -0.1) is 11.3 Å². The molecule has 26 heavy (non-hydrogen) atoms. The molecular weight excluding hydrogens is 353 g/mol. The SMILES string of the molecule is CC1(c2cccs2)OCC(=O)N(c2ccc(C#N)[nH]2)c2c(F)cccc21. The van der Waals surface area contributed by atoms with Crippen molar-refractivity contribution in [3.05, 3.63) is 69.8 Å². The largest absolute Gasteiger partial charge is 0.355 e. The number of nitriles is 1. The number of carbonyl (C=O) groups is 1. The van der Waals surface area contributed by atoms with Crippen LogP contribution in [0.2, 0.25) is 0 Å². The molecule has 1 aromatic carbocycles. The van der Waals surface area contributed by atoms with Gasteiger partial charge in [-0.05, 0) is 36.6 Å². The van der Waals surface area contributed by atoms with Crippen LogP contribution in [0, 0.1) is 17.1 Å². The minimum atomic E-state index is -0.958. The molecular formula is C19H14FN3O2S. The lowest BCUT2D eigenvalue weighted by Crippen LogP contribution is -2.29. The molecule has 3 heterocycles. The van der Waals surface area contributed by atoms with Gasteiger partial charge in [-0.3, -0.25) is 9.69 Å². The number of benzene rings is 1. The van der Waals surface area contributed by atoms with E-state index in [1.165, 1.54) is 22.3 Å². The van der Waals surface area contributed by atoms with Gasteiger partial charge in [0, 0.05) is 10.4 Å². The van der Waals surface area contributed by atoms with Crippen molar-refractivity contribution >= 4 is 28.7 Å². The van der Waals surface area contributed by atoms with E-state index in [1.54, 1.807) is 24.3 Å². The number of thiophene rings is 1. The van der Waals surface area contributed by atoms with E-state index >= 15 is 0 Å². The van der Waals surface area contributed by atoms with E-state index in [-0.39, 0.29) is 18.0 Å². The zero-order chi connectivity index (χ0) is 18.3. The monoisotopic (exact) mass is 367 g/mol. The highest BCUT2D eigenvalue weighted by atomic mass is 32.1. The number of carbonyl (C=O) groups excluding carboxylic acids is 1. The second kappa shape index (κ2) is 6.09. The third-order valence-corrected chi connectivity index (χ3v) is 5.55. The summed E-state index contributed by atoms with van der Waals surface area (Å²) in [6.45, 7) is 1.62. The van der Waals surface area contributed by atoms with Crippen LogP contribution >= 0.6 is 11.3 Å². The predicted molar refractivity (Wildman–Crippen MR) is 95.8 cm³/mol. The summed E-state index contributed by atoms with van der Waals surface area (Å²) < 4.78 is 20.9. The Morgan fingerprint density at radius 1 is 1.31 bits per heavy atom. The summed E-state index contributed by atoms with van der Waals surface area (Å²) in [7, 11) is 0. The molecule has 1 N–H and O–H groups in total. The number of fused-ring (bicyclic) bond motifs is 1. The van der Waals surface area contributed by atoms with Crippen LogP contribution in [0.1, 0.15) is 23.1 Å². The maximum atomic E-state index is 14.9. The van der Waals surface area contributed by atoms with E-state index in [0.717, 1.165) is 4.88 Å². The summed E-state index contributed by atoms with van der Waals surface area (Å²) in [6.07, 6.45) is 0. The molecule has 130 valence electrons. The minimum Gasteiger partial charge on any atom is -0.355 e. The summed E-state index contributed by atoms with van der Waals surface area (Å²) in [4.78, 5) is 17.8. The number of aromatic nitrogens is 1. The summed E-state index contributed by atoms with van der Waals surface area (Å²) in [5.41, 5.74) is 0.0220. The van der Waals surface area contributed by atoms with E-state index in [2.05, 4.69) is 4.98 Å². The van der Waals surface area contributed by atoms with Crippen molar-refractivity contribution in [2.75, 3.05) is 11.5 Å². The molecule has 0 radical (unpaired) electrons. The quantitative estimate of drug-likeness (QED) is 0.743. The van der Waals surface area contributed by atoms with Crippen LogP contribution in [-0.2, 0) is 15.1 Å². The Kier molecular flexibility index (Phi) is 3.87. The van der Waals surface area contributed by atoms with Crippen LogP contribution in [-0.4, -0.2) is 17.5 Å². The zero-order valence-electron chi connectivity index (χ0n) is 13.8. The van der Waals surface area contributed by atoms with E-state index in [0.29, 0.717) is 11.4 Å². The van der Waals surface area contributed by atoms with Crippen molar-refractivity contribution in [1.29, 1.82) is 5.26 Å². The topological polar surface area (TPSA) is 69.1 Å². The zero-order valence-corrected chi connectivity index (χ0v) is 14.6. The highest BCUT2D eigenvalue weighted by Crippen LogP contribution is 2.45. The van der Waals surface area contributed by atoms with Crippen molar-refractivity contribution < 1.29 is 13.9 Å². The van der Waals surface area contributed by atoms with Crippen LogP contribution in [0.4, 0.5) is 15.9 Å². The number of para-hydroxylation sites is 1. The van der Waals surface area contributed by atoms with Crippen LogP contribution in [0.15, 0.2) is 47.8 Å². The molecule has 1 amide bonds. The molecule has 0 fully saturated rings. The predicted octanol–water partition coefficient (Wildman–Crippen LogP) is 4.05. The number of anilines is 2. The van der Waals surface area contributed by atoms with E-state index in [9.17, 15) is 9.18 Å². The maximum absolute atomic E-state index is 14.9. The molecule has 0 saturated heterocycles. The molecule has 1 unspecified atom stereocenters. The highest BCUT2D eigenvalue weighted by Gasteiger charge is 2.41. The first kappa shape index (κ1) is 16.5. The highest BCUT2D eigenvalue weighted by molar-refractivity contribution is 7.10. The van der Waals surface area contributed by atoms with Crippen LogP contribution in [0.5, 0.6) is 0 Å².